The normalized spacial score (nSPS) is 25.1. The van der Waals surface area contributed by atoms with Crippen molar-refractivity contribution in [2.24, 2.45) is 0 Å². The van der Waals surface area contributed by atoms with Gasteiger partial charge in [0.1, 0.15) is 0 Å². The summed E-state index contributed by atoms with van der Waals surface area (Å²) >= 11 is 0. The molecule has 9 heteroatoms. The van der Waals surface area contributed by atoms with Crippen molar-refractivity contribution >= 4 is 7.82 Å². The van der Waals surface area contributed by atoms with Crippen molar-refractivity contribution in [3.63, 3.8) is 0 Å². The van der Waals surface area contributed by atoms with E-state index < -0.39 is 7.82 Å². The summed E-state index contributed by atoms with van der Waals surface area (Å²) in [5, 5.41) is 0. The molecule has 1 fully saturated rings. The molecule has 1 rings (SSSR count). The minimum Gasteiger partial charge on any atom is -0.676 e. The Morgan fingerprint density at radius 1 is 1.00 bits per heavy atom. The molecule has 15 heavy (non-hydrogen) atoms. The van der Waals surface area contributed by atoms with Crippen LogP contribution in [0, 0.1) is 0 Å². The Labute approximate surface area is 103 Å². The molecule has 0 saturated heterocycles. The second kappa shape index (κ2) is 9.87. The van der Waals surface area contributed by atoms with Crippen LogP contribution < -0.4 is 0 Å². The van der Waals surface area contributed by atoms with Gasteiger partial charge in [-0.25, -0.2) is 4.57 Å². The van der Waals surface area contributed by atoms with Gasteiger partial charge in [0.05, 0.1) is 0 Å². The first-order valence-electron chi connectivity index (χ1n) is 4.01. The van der Waals surface area contributed by atoms with Crippen LogP contribution in [0.4, 0.5) is 0 Å². The van der Waals surface area contributed by atoms with Crippen molar-refractivity contribution in [1.82, 2.24) is 0 Å². The fraction of sp³-hybridized carbons (Fsp3) is 1.00. The van der Waals surface area contributed by atoms with Gasteiger partial charge in [0.25, 0.3) is 0 Å². The van der Waals surface area contributed by atoms with Crippen LogP contribution in [0.3, 0.4) is 0 Å². The number of nitrogens with one attached hydrogen (secondary N) is 2. The molecule has 0 aromatic rings. The fourth-order valence-corrected chi connectivity index (χ4v) is 1.13. The third kappa shape index (κ3) is 17.3. The third-order valence-corrected chi connectivity index (χ3v) is 1.77. The van der Waals surface area contributed by atoms with E-state index in [1.54, 1.807) is 0 Å². The summed E-state index contributed by atoms with van der Waals surface area (Å²) in [5.74, 6) is 0. The number of phosphoric acid groups is 1. The van der Waals surface area contributed by atoms with Crippen molar-refractivity contribution in [2.45, 2.75) is 37.8 Å². The van der Waals surface area contributed by atoms with Crippen LogP contribution in [0.2, 0.25) is 0 Å². The van der Waals surface area contributed by atoms with Gasteiger partial charge < -0.3 is 31.6 Å². The predicted molar refractivity (Wildman–Crippen MR) is 52.6 cm³/mol. The van der Waals surface area contributed by atoms with E-state index in [0.717, 1.165) is 12.8 Å². The second-order valence-corrected chi connectivity index (χ2v) is 4.04. The molecule has 0 spiro atoms. The monoisotopic (exact) mass is 423 g/mol. The number of rotatable bonds is 0. The van der Waals surface area contributed by atoms with E-state index in [2.05, 4.69) is 0 Å². The Kier molecular flexibility index (Phi) is 13.8. The van der Waals surface area contributed by atoms with Crippen molar-refractivity contribution < 1.29 is 45.8 Å². The van der Waals surface area contributed by atoms with Gasteiger partial charge in [-0.2, -0.15) is 12.1 Å². The smallest absolute Gasteiger partial charge is 0.676 e. The van der Waals surface area contributed by atoms with Gasteiger partial charge in [-0.05, 0) is 0 Å². The summed E-state index contributed by atoms with van der Waals surface area (Å²) in [7, 11) is -4.64. The first-order chi connectivity index (χ1) is 5.80. The van der Waals surface area contributed by atoms with Crippen molar-refractivity contribution in [1.29, 1.82) is 0 Å². The van der Waals surface area contributed by atoms with Crippen LogP contribution in [0.5, 0.6) is 0 Å². The van der Waals surface area contributed by atoms with E-state index in [4.69, 9.17) is 30.7 Å². The molecular weight excluding hydrogens is 406 g/mol. The van der Waals surface area contributed by atoms with E-state index in [1.165, 1.54) is 12.8 Å². The molecule has 0 aliphatic heterocycles. The van der Waals surface area contributed by atoms with E-state index in [9.17, 15) is 0 Å². The minimum absolute atomic E-state index is 0. The molecule has 0 aromatic heterocycles. The molecule has 0 radical (unpaired) electrons. The SMILES string of the molecule is O.O=P(O)(O)O.[NH-]C1CCCCC1[NH-].[Pt+2]. The maximum absolute atomic E-state index is 8.88. The zero-order valence-electron chi connectivity index (χ0n) is 8.00. The zero-order chi connectivity index (χ0) is 10.5. The zero-order valence-corrected chi connectivity index (χ0v) is 11.2. The fourth-order valence-electron chi connectivity index (χ4n) is 1.13. The average Bonchev–Trinajstić information content (AvgIpc) is 1.92. The summed E-state index contributed by atoms with van der Waals surface area (Å²) in [6, 6.07) is -0.160. The molecule has 2 unspecified atom stereocenters. The Bertz CT molecular complexity index is 172. The molecule has 1 saturated carbocycles. The van der Waals surface area contributed by atoms with E-state index >= 15 is 0 Å². The molecule has 1 aliphatic carbocycles. The molecule has 7 nitrogen and oxygen atoms in total. The average molecular weight is 423 g/mol. The van der Waals surface area contributed by atoms with Crippen LogP contribution in [0.1, 0.15) is 25.7 Å². The molecule has 0 heterocycles. The standard InChI is InChI=1S/C6H12N2.H3O4P.H2O.Pt/c7-5-3-1-2-4-6(5)8;1-5(2,3)4;;/h5-8H,1-4H2;(H3,1,2,3,4);1H2;/q-2;;;+2. The van der Waals surface area contributed by atoms with E-state index in [0.29, 0.717) is 0 Å². The van der Waals surface area contributed by atoms with Gasteiger partial charge in [-0.3, -0.25) is 0 Å². The van der Waals surface area contributed by atoms with E-state index in [1.807, 2.05) is 0 Å². The van der Waals surface area contributed by atoms with Gasteiger partial charge in [-0.15, -0.1) is 0 Å². The summed E-state index contributed by atoms with van der Waals surface area (Å²) in [6.45, 7) is 0. The first-order valence-corrected chi connectivity index (χ1v) is 5.57. The Hall–Kier alpha value is 0.678. The quantitative estimate of drug-likeness (QED) is 0.489. The van der Waals surface area contributed by atoms with Crippen LogP contribution in [0.15, 0.2) is 0 Å². The maximum Gasteiger partial charge on any atom is 2.00 e. The summed E-state index contributed by atoms with van der Waals surface area (Å²) in [4.78, 5) is 21.6. The number of hydrogen-bond acceptors (Lipinski definition) is 1. The van der Waals surface area contributed by atoms with Gasteiger partial charge in [0, 0.05) is 0 Å². The number of hydrogen-bond donors (Lipinski definition) is 3. The first kappa shape index (κ1) is 21.0. The summed E-state index contributed by atoms with van der Waals surface area (Å²) in [6.07, 6.45) is 4.25. The summed E-state index contributed by atoms with van der Waals surface area (Å²) in [5.41, 5.74) is 14.6. The van der Waals surface area contributed by atoms with Crippen molar-refractivity contribution in [3.8, 4) is 0 Å². The van der Waals surface area contributed by atoms with Gasteiger partial charge in [0.15, 0.2) is 0 Å². The largest absolute Gasteiger partial charge is 2.00 e. The molecule has 1 aliphatic rings. The maximum atomic E-state index is 8.88. The Balaban J connectivity index is -0.000000185. The van der Waals surface area contributed by atoms with Gasteiger partial charge >= 0.3 is 28.9 Å². The van der Waals surface area contributed by atoms with Crippen molar-refractivity contribution in [2.75, 3.05) is 0 Å². The van der Waals surface area contributed by atoms with Crippen LogP contribution in [-0.2, 0) is 25.6 Å². The van der Waals surface area contributed by atoms with Gasteiger partial charge in [0.2, 0.25) is 0 Å². The van der Waals surface area contributed by atoms with Crippen LogP contribution in [-0.4, -0.2) is 32.2 Å². The van der Waals surface area contributed by atoms with Crippen LogP contribution >= 0.6 is 7.82 Å². The molecule has 0 amide bonds. The second-order valence-electron chi connectivity index (χ2n) is 3.01. The molecule has 7 N–H and O–H groups in total. The molecule has 0 bridgehead atoms. The van der Waals surface area contributed by atoms with Crippen molar-refractivity contribution in [3.05, 3.63) is 11.5 Å². The molecular formula is C6H17N2O5PPt. The van der Waals surface area contributed by atoms with Gasteiger partial charge in [-0.1, -0.05) is 25.7 Å². The Morgan fingerprint density at radius 3 is 1.33 bits per heavy atom. The topological polar surface area (TPSA) is 157 Å². The third-order valence-electron chi connectivity index (χ3n) is 1.77. The van der Waals surface area contributed by atoms with E-state index in [-0.39, 0.29) is 38.6 Å². The minimum atomic E-state index is -4.64. The predicted octanol–water partition coefficient (Wildman–Crippen LogP) is 0.646. The summed E-state index contributed by atoms with van der Waals surface area (Å²) < 4.78 is 8.88. The molecule has 96 valence electrons. The Morgan fingerprint density at radius 2 is 1.20 bits per heavy atom. The molecule has 2 atom stereocenters. The van der Waals surface area contributed by atoms with Crippen LogP contribution in [0.25, 0.3) is 11.5 Å². The molecule has 0 aromatic carbocycles.